The van der Waals surface area contributed by atoms with Crippen molar-refractivity contribution >= 4 is 66.8 Å². The Morgan fingerprint density at radius 1 is 0.742 bits per heavy atom. The number of ether oxygens (including phenoxy) is 2. The second-order valence-electron chi connectivity index (χ2n) is 6.86. The predicted octanol–water partition coefficient (Wildman–Crippen LogP) is 7.18. The summed E-state index contributed by atoms with van der Waals surface area (Å²) in [7, 11) is 10.9. The summed E-state index contributed by atoms with van der Waals surface area (Å²) >= 11 is 12.4. The highest BCUT2D eigenvalue weighted by Crippen LogP contribution is 2.49. The zero-order chi connectivity index (χ0) is 23.3. The fraction of sp³-hybridized carbons (Fsp3) is 0.300. The normalized spacial score (nSPS) is 10.6. The van der Waals surface area contributed by atoms with Crippen LogP contribution < -0.4 is 9.47 Å². The van der Waals surface area contributed by atoms with Crippen molar-refractivity contribution in [3.63, 3.8) is 0 Å². The molecule has 0 radical (unpaired) electrons. The van der Waals surface area contributed by atoms with E-state index in [4.69, 9.17) is 32.7 Å². The molecule has 31 heavy (non-hydrogen) atoms. The number of amides is 2. The third-order valence-electron chi connectivity index (χ3n) is 3.83. The Labute approximate surface area is 203 Å². The highest BCUT2D eigenvalue weighted by molar-refractivity contribution is 9.09. The van der Waals surface area contributed by atoms with Crippen LogP contribution in [-0.4, -0.2) is 50.2 Å². The first-order valence-electron chi connectivity index (χ1n) is 8.89. The number of hydrogen-bond acceptors (Lipinski definition) is 7. The van der Waals surface area contributed by atoms with E-state index in [9.17, 15) is 9.59 Å². The van der Waals surface area contributed by atoms with Crippen LogP contribution >= 0.6 is 54.6 Å². The summed E-state index contributed by atoms with van der Waals surface area (Å²) in [5.41, 5.74) is 1.92. The third kappa shape index (κ3) is 7.32. The van der Waals surface area contributed by atoms with Gasteiger partial charge < -0.3 is 19.3 Å². The molecule has 0 aliphatic heterocycles. The van der Waals surface area contributed by atoms with Gasteiger partial charge in [0.1, 0.15) is 0 Å². The van der Waals surface area contributed by atoms with Crippen LogP contribution in [0.15, 0.2) is 34.1 Å². The van der Waals surface area contributed by atoms with Gasteiger partial charge in [-0.2, -0.15) is 0 Å². The minimum absolute atomic E-state index is 0.305. The highest BCUT2D eigenvalue weighted by atomic mass is 35.5. The van der Waals surface area contributed by atoms with Gasteiger partial charge >= 0.3 is 12.2 Å². The zero-order valence-corrected chi connectivity index (χ0v) is 21.8. The Balaban J connectivity index is 2.12. The molecular weight excluding hydrogens is 499 g/mol. The van der Waals surface area contributed by atoms with Crippen molar-refractivity contribution in [1.29, 1.82) is 0 Å². The highest BCUT2D eigenvalue weighted by Gasteiger charge is 2.16. The van der Waals surface area contributed by atoms with E-state index in [2.05, 4.69) is 0 Å². The van der Waals surface area contributed by atoms with Crippen LogP contribution in [0, 0.1) is 13.8 Å². The molecule has 168 valence electrons. The lowest BCUT2D eigenvalue weighted by molar-refractivity contribution is 0.171. The Bertz CT molecular complexity index is 910. The van der Waals surface area contributed by atoms with E-state index in [1.807, 2.05) is 13.8 Å². The van der Waals surface area contributed by atoms with Crippen molar-refractivity contribution < 1.29 is 19.1 Å². The molecule has 2 aromatic carbocycles. The van der Waals surface area contributed by atoms with E-state index in [0.29, 0.717) is 21.5 Å². The molecule has 0 N–H and O–H groups in total. The standard InChI is InChI=1S/C20H22Cl2N2O4S3/c1-11-7-13(21)15(27-19(25)23(3)4)9-17(11)29-31-30-18-10-16(14(22)8-12(18)2)28-20(26)24(5)6/h7-10H,1-6H3. The van der Waals surface area contributed by atoms with E-state index < -0.39 is 12.2 Å². The van der Waals surface area contributed by atoms with Gasteiger partial charge in [-0.25, -0.2) is 9.59 Å². The Morgan fingerprint density at radius 3 is 1.42 bits per heavy atom. The molecule has 6 nitrogen and oxygen atoms in total. The largest absolute Gasteiger partial charge is 0.414 e. The number of benzene rings is 2. The van der Waals surface area contributed by atoms with Crippen LogP contribution in [0.5, 0.6) is 11.5 Å². The van der Waals surface area contributed by atoms with Crippen LogP contribution in [0.3, 0.4) is 0 Å². The minimum Gasteiger partial charge on any atom is -0.409 e. The SMILES string of the molecule is Cc1cc(Cl)c(OC(=O)N(C)C)cc1SSSc1cc(OC(=O)N(C)C)c(Cl)cc1C. The Hall–Kier alpha value is -1.39. The smallest absolute Gasteiger partial charge is 0.409 e. The lowest BCUT2D eigenvalue weighted by atomic mass is 10.2. The number of rotatable bonds is 6. The van der Waals surface area contributed by atoms with E-state index in [1.54, 1.807) is 52.5 Å². The van der Waals surface area contributed by atoms with Crippen molar-refractivity contribution in [3.05, 3.63) is 45.4 Å². The summed E-state index contributed by atoms with van der Waals surface area (Å²) in [5, 5.41) is 0.742. The Kier molecular flexibility index (Phi) is 9.57. The Morgan fingerprint density at radius 2 is 1.10 bits per heavy atom. The molecule has 0 aliphatic carbocycles. The van der Waals surface area contributed by atoms with E-state index in [-0.39, 0.29) is 0 Å². The predicted molar refractivity (Wildman–Crippen MR) is 131 cm³/mol. The summed E-state index contributed by atoms with van der Waals surface area (Å²) in [5.74, 6) is 0.610. The molecule has 2 rings (SSSR count). The van der Waals surface area contributed by atoms with Crippen LogP contribution in [0.2, 0.25) is 10.0 Å². The summed E-state index contributed by atoms with van der Waals surface area (Å²) in [6, 6.07) is 7.02. The minimum atomic E-state index is -0.500. The fourth-order valence-corrected chi connectivity index (χ4v) is 6.70. The van der Waals surface area contributed by atoms with E-state index >= 15 is 0 Å². The van der Waals surface area contributed by atoms with E-state index in [1.165, 1.54) is 41.2 Å². The van der Waals surface area contributed by atoms with Gasteiger partial charge in [-0.1, -0.05) is 23.2 Å². The topological polar surface area (TPSA) is 59.1 Å². The first-order valence-corrected chi connectivity index (χ1v) is 13.1. The molecule has 2 aromatic rings. The van der Waals surface area contributed by atoms with Gasteiger partial charge in [0.05, 0.1) is 10.0 Å². The maximum atomic E-state index is 11.9. The average Bonchev–Trinajstić information content (AvgIpc) is 2.68. The quantitative estimate of drug-likeness (QED) is 0.373. The number of aryl methyl sites for hydroxylation is 2. The van der Waals surface area contributed by atoms with Gasteiger partial charge in [-0.15, -0.1) is 0 Å². The number of carbonyl (C=O) groups is 2. The molecule has 0 heterocycles. The molecule has 0 fully saturated rings. The molecular formula is C20H22Cl2N2O4S3. The lowest BCUT2D eigenvalue weighted by Crippen LogP contribution is -2.25. The van der Waals surface area contributed by atoms with Crippen LogP contribution in [-0.2, 0) is 0 Å². The maximum Gasteiger partial charge on any atom is 0.414 e. The molecule has 0 atom stereocenters. The van der Waals surface area contributed by atoms with Gasteiger partial charge in [-0.3, -0.25) is 0 Å². The molecule has 0 unspecified atom stereocenters. The van der Waals surface area contributed by atoms with Crippen LogP contribution in [0.1, 0.15) is 11.1 Å². The molecule has 0 bridgehead atoms. The number of carbonyl (C=O) groups excluding carboxylic acids is 2. The van der Waals surface area contributed by atoms with Gasteiger partial charge in [0.15, 0.2) is 11.5 Å². The molecule has 0 saturated heterocycles. The average molecular weight is 522 g/mol. The molecule has 0 spiro atoms. The third-order valence-corrected chi connectivity index (χ3v) is 8.51. The van der Waals surface area contributed by atoms with Gasteiger partial charge in [-0.05, 0) is 80.7 Å². The van der Waals surface area contributed by atoms with E-state index in [0.717, 1.165) is 20.9 Å². The second kappa shape index (κ2) is 11.5. The summed E-state index contributed by atoms with van der Waals surface area (Å²) in [6.45, 7) is 3.87. The van der Waals surface area contributed by atoms with Crippen molar-refractivity contribution in [3.8, 4) is 11.5 Å². The van der Waals surface area contributed by atoms with Gasteiger partial charge in [0.2, 0.25) is 0 Å². The summed E-state index contributed by atoms with van der Waals surface area (Å²) in [6.07, 6.45) is -0.999. The van der Waals surface area contributed by atoms with Gasteiger partial charge in [0, 0.05) is 38.0 Å². The fourth-order valence-electron chi connectivity index (χ4n) is 2.07. The number of halogens is 2. The van der Waals surface area contributed by atoms with Gasteiger partial charge in [0.25, 0.3) is 0 Å². The number of hydrogen-bond donors (Lipinski definition) is 0. The zero-order valence-electron chi connectivity index (χ0n) is 17.8. The molecule has 0 aromatic heterocycles. The molecule has 0 aliphatic rings. The monoisotopic (exact) mass is 520 g/mol. The first kappa shape index (κ1) is 25.9. The summed E-state index contributed by atoms with van der Waals surface area (Å²) < 4.78 is 10.7. The van der Waals surface area contributed by atoms with Crippen molar-refractivity contribution in [2.45, 2.75) is 23.6 Å². The maximum absolute atomic E-state index is 11.9. The first-order chi connectivity index (χ1) is 14.5. The van der Waals surface area contributed by atoms with Crippen LogP contribution in [0.25, 0.3) is 0 Å². The number of nitrogens with zero attached hydrogens (tertiary/aromatic N) is 2. The van der Waals surface area contributed by atoms with Crippen molar-refractivity contribution in [1.82, 2.24) is 9.80 Å². The molecule has 2 amide bonds. The van der Waals surface area contributed by atoms with Crippen molar-refractivity contribution in [2.75, 3.05) is 28.2 Å². The van der Waals surface area contributed by atoms with Crippen LogP contribution in [0.4, 0.5) is 9.59 Å². The summed E-state index contributed by atoms with van der Waals surface area (Å²) in [4.78, 5) is 28.2. The molecule has 11 heteroatoms. The van der Waals surface area contributed by atoms with Crippen molar-refractivity contribution in [2.24, 2.45) is 0 Å². The second-order valence-corrected chi connectivity index (χ2v) is 11.7. The molecule has 0 saturated carbocycles. The lowest BCUT2D eigenvalue weighted by Gasteiger charge is -2.15.